The fourth-order valence-corrected chi connectivity index (χ4v) is 1.54. The second-order valence-corrected chi connectivity index (χ2v) is 3.98. The summed E-state index contributed by atoms with van der Waals surface area (Å²) in [6.07, 6.45) is 3.87. The molecule has 0 aliphatic rings. The maximum absolute atomic E-state index is 5.00. The maximum atomic E-state index is 5.00. The molecule has 0 fully saturated rings. The van der Waals surface area contributed by atoms with Crippen LogP contribution in [0, 0.1) is 6.92 Å². The van der Waals surface area contributed by atoms with Gasteiger partial charge in [-0.05, 0) is 13.8 Å². The highest BCUT2D eigenvalue weighted by atomic mass is 16.5. The van der Waals surface area contributed by atoms with Crippen molar-refractivity contribution in [2.45, 2.75) is 26.4 Å². The van der Waals surface area contributed by atoms with Gasteiger partial charge in [0.25, 0.3) is 0 Å². The van der Waals surface area contributed by atoms with E-state index in [1.807, 2.05) is 32.4 Å². The molecule has 1 unspecified atom stereocenters. The van der Waals surface area contributed by atoms with Gasteiger partial charge in [-0.3, -0.25) is 4.68 Å². The lowest BCUT2D eigenvalue weighted by Gasteiger charge is -2.09. The summed E-state index contributed by atoms with van der Waals surface area (Å²) in [5.41, 5.74) is 2.09. The third kappa shape index (κ3) is 2.49. The van der Waals surface area contributed by atoms with Crippen LogP contribution >= 0.6 is 0 Å². The van der Waals surface area contributed by atoms with Crippen molar-refractivity contribution in [3.63, 3.8) is 0 Å². The van der Waals surface area contributed by atoms with Gasteiger partial charge in [0.15, 0.2) is 0 Å². The Balaban J connectivity index is 1.91. The molecule has 86 valence electrons. The van der Waals surface area contributed by atoms with Crippen molar-refractivity contribution in [1.29, 1.82) is 0 Å². The smallest absolute Gasteiger partial charge is 0.133 e. The van der Waals surface area contributed by atoms with Gasteiger partial charge in [0.05, 0.1) is 11.9 Å². The Bertz CT molecular complexity index is 460. The first-order chi connectivity index (χ1) is 7.65. The van der Waals surface area contributed by atoms with Crippen molar-refractivity contribution >= 4 is 0 Å². The monoisotopic (exact) mass is 220 g/mol. The quantitative estimate of drug-likeness (QED) is 0.849. The van der Waals surface area contributed by atoms with Gasteiger partial charge < -0.3 is 9.84 Å². The van der Waals surface area contributed by atoms with Crippen LogP contribution < -0.4 is 5.32 Å². The molecule has 2 rings (SSSR count). The molecule has 16 heavy (non-hydrogen) atoms. The van der Waals surface area contributed by atoms with Crippen LogP contribution in [0.3, 0.4) is 0 Å². The Hall–Kier alpha value is -1.62. The van der Waals surface area contributed by atoms with Gasteiger partial charge in [-0.2, -0.15) is 5.10 Å². The molecule has 1 atom stereocenters. The van der Waals surface area contributed by atoms with E-state index in [2.05, 4.69) is 22.5 Å². The van der Waals surface area contributed by atoms with Gasteiger partial charge in [0, 0.05) is 37.5 Å². The topological polar surface area (TPSA) is 55.9 Å². The predicted molar refractivity (Wildman–Crippen MR) is 59.7 cm³/mol. The fourth-order valence-electron chi connectivity index (χ4n) is 1.54. The summed E-state index contributed by atoms with van der Waals surface area (Å²) in [7, 11) is 1.91. The van der Waals surface area contributed by atoms with Gasteiger partial charge >= 0.3 is 0 Å². The summed E-state index contributed by atoms with van der Waals surface area (Å²) in [5, 5.41) is 11.4. The Kier molecular flexibility index (Phi) is 3.05. The van der Waals surface area contributed by atoms with Crippen molar-refractivity contribution in [3.05, 3.63) is 35.5 Å². The number of aromatic nitrogens is 3. The second kappa shape index (κ2) is 4.49. The Labute approximate surface area is 94.4 Å². The molecule has 0 aliphatic heterocycles. The molecule has 2 aromatic rings. The maximum Gasteiger partial charge on any atom is 0.133 e. The van der Waals surface area contributed by atoms with Crippen LogP contribution in [0.15, 0.2) is 23.0 Å². The van der Waals surface area contributed by atoms with Gasteiger partial charge in [-0.15, -0.1) is 0 Å². The lowest BCUT2D eigenvalue weighted by atomic mass is 10.2. The highest BCUT2D eigenvalue weighted by Gasteiger charge is 2.08. The molecule has 0 radical (unpaired) electrons. The average Bonchev–Trinajstić information content (AvgIpc) is 2.84. The molecule has 2 heterocycles. The van der Waals surface area contributed by atoms with Gasteiger partial charge in [-0.25, -0.2) is 0 Å². The van der Waals surface area contributed by atoms with Crippen LogP contribution in [0.1, 0.15) is 30.0 Å². The lowest BCUT2D eigenvalue weighted by Crippen LogP contribution is -2.17. The number of hydrogen-bond donors (Lipinski definition) is 1. The molecule has 0 spiro atoms. The number of nitrogens with one attached hydrogen (secondary N) is 1. The zero-order valence-electron chi connectivity index (χ0n) is 9.77. The molecule has 0 aliphatic carbocycles. The molecule has 0 amide bonds. The molecular formula is C11H16N4O. The van der Waals surface area contributed by atoms with Crippen LogP contribution in [0.2, 0.25) is 0 Å². The summed E-state index contributed by atoms with van der Waals surface area (Å²) in [6.45, 7) is 4.69. The SMILES string of the molecule is Cc1cc(CNC(C)c2cnn(C)c2)no1. The third-order valence-electron chi connectivity index (χ3n) is 2.49. The molecule has 0 bridgehead atoms. The fraction of sp³-hybridized carbons (Fsp3) is 0.455. The van der Waals surface area contributed by atoms with Crippen LogP contribution in [0.25, 0.3) is 0 Å². The first-order valence-electron chi connectivity index (χ1n) is 5.29. The molecule has 5 heteroatoms. The standard InChI is InChI=1S/C11H16N4O/c1-8-4-11(14-16-8)6-12-9(2)10-5-13-15(3)7-10/h4-5,7,9,12H,6H2,1-3H3. The normalized spacial score (nSPS) is 12.9. The number of aryl methyl sites for hydroxylation is 2. The van der Waals surface area contributed by atoms with Gasteiger partial charge in [0.1, 0.15) is 5.76 Å². The van der Waals surface area contributed by atoms with Crippen molar-refractivity contribution in [3.8, 4) is 0 Å². The van der Waals surface area contributed by atoms with Crippen molar-refractivity contribution < 1.29 is 4.52 Å². The number of hydrogen-bond acceptors (Lipinski definition) is 4. The Morgan fingerprint density at radius 2 is 2.38 bits per heavy atom. The van der Waals surface area contributed by atoms with E-state index in [1.165, 1.54) is 5.56 Å². The van der Waals surface area contributed by atoms with Crippen LogP contribution in [0.5, 0.6) is 0 Å². The van der Waals surface area contributed by atoms with E-state index >= 15 is 0 Å². The van der Waals surface area contributed by atoms with Crippen molar-refractivity contribution in [1.82, 2.24) is 20.3 Å². The Morgan fingerprint density at radius 1 is 1.56 bits per heavy atom. The summed E-state index contributed by atoms with van der Waals surface area (Å²) in [6, 6.07) is 2.19. The van der Waals surface area contributed by atoms with Crippen LogP contribution in [0.4, 0.5) is 0 Å². The van der Waals surface area contributed by atoms with Crippen molar-refractivity contribution in [2.24, 2.45) is 7.05 Å². The van der Waals surface area contributed by atoms with E-state index in [1.54, 1.807) is 4.68 Å². The molecule has 0 saturated heterocycles. The average molecular weight is 220 g/mol. The van der Waals surface area contributed by atoms with E-state index in [4.69, 9.17) is 4.52 Å². The van der Waals surface area contributed by atoms with Crippen LogP contribution in [-0.4, -0.2) is 14.9 Å². The largest absolute Gasteiger partial charge is 0.361 e. The molecule has 1 N–H and O–H groups in total. The molecule has 5 nitrogen and oxygen atoms in total. The summed E-state index contributed by atoms with van der Waals surface area (Å²) in [5.74, 6) is 0.839. The van der Waals surface area contributed by atoms with Gasteiger partial charge in [0.2, 0.25) is 0 Å². The van der Waals surface area contributed by atoms with Crippen LogP contribution in [-0.2, 0) is 13.6 Å². The highest BCUT2D eigenvalue weighted by Crippen LogP contribution is 2.11. The summed E-state index contributed by atoms with van der Waals surface area (Å²) < 4.78 is 6.80. The van der Waals surface area contributed by atoms with Crippen molar-refractivity contribution in [2.75, 3.05) is 0 Å². The Morgan fingerprint density at radius 3 is 2.94 bits per heavy atom. The molecule has 0 saturated carbocycles. The summed E-state index contributed by atoms with van der Waals surface area (Å²) >= 11 is 0. The van der Waals surface area contributed by atoms with E-state index < -0.39 is 0 Å². The zero-order chi connectivity index (χ0) is 11.5. The minimum Gasteiger partial charge on any atom is -0.361 e. The summed E-state index contributed by atoms with van der Waals surface area (Å²) in [4.78, 5) is 0. The second-order valence-electron chi connectivity index (χ2n) is 3.98. The van der Waals surface area contributed by atoms with E-state index in [-0.39, 0.29) is 6.04 Å². The first-order valence-corrected chi connectivity index (χ1v) is 5.29. The number of rotatable bonds is 4. The zero-order valence-corrected chi connectivity index (χ0v) is 9.77. The predicted octanol–water partition coefficient (Wildman–Crippen LogP) is 1.57. The lowest BCUT2D eigenvalue weighted by molar-refractivity contribution is 0.386. The van der Waals surface area contributed by atoms with E-state index in [9.17, 15) is 0 Å². The molecule has 2 aromatic heterocycles. The van der Waals surface area contributed by atoms with E-state index in [0.29, 0.717) is 6.54 Å². The minimum absolute atomic E-state index is 0.255. The molecule has 0 aromatic carbocycles. The minimum atomic E-state index is 0.255. The van der Waals surface area contributed by atoms with Gasteiger partial charge in [-0.1, -0.05) is 5.16 Å². The molecular weight excluding hydrogens is 204 g/mol. The highest BCUT2D eigenvalue weighted by molar-refractivity contribution is 5.10. The number of nitrogens with zero attached hydrogens (tertiary/aromatic N) is 3. The first kappa shape index (κ1) is 10.9. The third-order valence-corrected chi connectivity index (χ3v) is 2.49. The van der Waals surface area contributed by atoms with E-state index in [0.717, 1.165) is 11.5 Å².